The Kier molecular flexibility index (Phi) is 3.25. The Morgan fingerprint density at radius 3 is 2.62 bits per heavy atom. The van der Waals surface area contributed by atoms with Crippen molar-refractivity contribution in [1.82, 2.24) is 19.5 Å². The molecule has 0 unspecified atom stereocenters. The van der Waals surface area contributed by atoms with Crippen LogP contribution in [0.15, 0.2) is 72.9 Å². The molecule has 3 aromatic heterocycles. The number of hydrogen-bond donors (Lipinski definition) is 2. The minimum atomic E-state index is 0.586. The molecule has 0 spiro atoms. The number of pyridine rings is 1. The number of nitrogens with two attached hydrogens (primary N) is 1. The van der Waals surface area contributed by atoms with E-state index < -0.39 is 0 Å². The molecule has 26 heavy (non-hydrogen) atoms. The van der Waals surface area contributed by atoms with E-state index in [1.807, 2.05) is 36.4 Å². The van der Waals surface area contributed by atoms with E-state index >= 15 is 0 Å². The molecule has 5 rings (SSSR count). The largest absolute Gasteiger partial charge is 0.385 e. The second kappa shape index (κ2) is 5.74. The molecule has 5 aromatic rings. The van der Waals surface area contributed by atoms with E-state index in [4.69, 9.17) is 10.7 Å². The number of para-hydroxylation sites is 2. The van der Waals surface area contributed by atoms with E-state index in [0.29, 0.717) is 5.82 Å². The molecule has 5 heteroatoms. The van der Waals surface area contributed by atoms with Crippen LogP contribution < -0.4 is 5.73 Å². The number of aromatic amines is 1. The van der Waals surface area contributed by atoms with Gasteiger partial charge >= 0.3 is 0 Å². The predicted molar refractivity (Wildman–Crippen MR) is 105 cm³/mol. The molecule has 0 fully saturated rings. The first-order chi connectivity index (χ1) is 12.8. The topological polar surface area (TPSA) is 72.5 Å². The average Bonchev–Trinajstić information content (AvgIpc) is 3.19. The van der Waals surface area contributed by atoms with Gasteiger partial charge in [0.25, 0.3) is 0 Å². The van der Waals surface area contributed by atoms with Crippen molar-refractivity contribution in [3.05, 3.63) is 78.5 Å². The molecule has 0 radical (unpaired) electrons. The molecule has 3 N–H and O–H groups in total. The predicted octanol–water partition coefficient (Wildman–Crippen LogP) is 4.21. The summed E-state index contributed by atoms with van der Waals surface area (Å²) < 4.78 is 2.21. The third-order valence-electron chi connectivity index (χ3n) is 4.64. The zero-order valence-corrected chi connectivity index (χ0v) is 14.1. The number of nitrogens with zero attached hydrogens (tertiary/aromatic N) is 3. The number of H-pyrrole nitrogens is 1. The summed E-state index contributed by atoms with van der Waals surface area (Å²) in [6.45, 7) is 0.718. The molecule has 0 saturated heterocycles. The summed E-state index contributed by atoms with van der Waals surface area (Å²) >= 11 is 0. The zero-order chi connectivity index (χ0) is 17.5. The summed E-state index contributed by atoms with van der Waals surface area (Å²) in [5, 5.41) is 0. The lowest BCUT2D eigenvalue weighted by atomic mass is 10.2. The first kappa shape index (κ1) is 14.7. The maximum absolute atomic E-state index is 6.32. The molecule has 0 amide bonds. The molecule has 0 aliphatic heterocycles. The monoisotopic (exact) mass is 339 g/mol. The number of fused-ring (bicyclic) bond motifs is 2. The Morgan fingerprint density at radius 1 is 0.923 bits per heavy atom. The highest BCUT2D eigenvalue weighted by Gasteiger charge is 2.20. The van der Waals surface area contributed by atoms with Crippen LogP contribution in [0.4, 0.5) is 5.82 Å². The lowest BCUT2D eigenvalue weighted by molar-refractivity contribution is 0.835. The summed E-state index contributed by atoms with van der Waals surface area (Å²) in [6.07, 6.45) is 1.78. The van der Waals surface area contributed by atoms with E-state index in [2.05, 4.69) is 44.9 Å². The molecular formula is C21H17N5. The molecule has 0 atom stereocenters. The van der Waals surface area contributed by atoms with Crippen molar-refractivity contribution in [2.24, 2.45) is 0 Å². The van der Waals surface area contributed by atoms with Crippen molar-refractivity contribution < 1.29 is 0 Å². The number of nitrogen functional groups attached to an aromatic ring is 1. The second-order valence-corrected chi connectivity index (χ2v) is 6.31. The van der Waals surface area contributed by atoms with Crippen LogP contribution in [0.5, 0.6) is 0 Å². The molecule has 0 saturated carbocycles. The minimum Gasteiger partial charge on any atom is -0.385 e. The number of hydrogen-bond acceptors (Lipinski definition) is 3. The maximum atomic E-state index is 6.32. The van der Waals surface area contributed by atoms with E-state index in [1.165, 1.54) is 5.56 Å². The zero-order valence-electron chi connectivity index (χ0n) is 14.1. The molecule has 0 aliphatic rings. The van der Waals surface area contributed by atoms with Crippen molar-refractivity contribution in [3.63, 3.8) is 0 Å². The van der Waals surface area contributed by atoms with Gasteiger partial charge in [-0.05, 0) is 29.8 Å². The Bertz CT molecular complexity index is 1220. The minimum absolute atomic E-state index is 0.586. The highest BCUT2D eigenvalue weighted by atomic mass is 15.1. The standard InChI is InChI=1S/C21H17N5/c22-20-18(19-16(24-20)10-6-12-23-19)21-25-15-9-4-5-11-17(15)26(21)13-14-7-2-1-3-8-14/h1-12,24H,13,22H2. The van der Waals surface area contributed by atoms with Crippen LogP contribution in [0, 0.1) is 0 Å². The smallest absolute Gasteiger partial charge is 0.147 e. The van der Waals surface area contributed by atoms with E-state index in [0.717, 1.165) is 40.0 Å². The number of nitrogens with one attached hydrogen (secondary N) is 1. The normalized spacial score (nSPS) is 11.4. The van der Waals surface area contributed by atoms with Gasteiger partial charge in [0.15, 0.2) is 0 Å². The van der Waals surface area contributed by atoms with Crippen LogP contribution in [0.25, 0.3) is 33.5 Å². The molecular weight excluding hydrogens is 322 g/mol. The van der Waals surface area contributed by atoms with Crippen LogP contribution in [0.2, 0.25) is 0 Å². The van der Waals surface area contributed by atoms with Gasteiger partial charge in [0.2, 0.25) is 0 Å². The maximum Gasteiger partial charge on any atom is 0.147 e. The van der Waals surface area contributed by atoms with Crippen LogP contribution in [-0.4, -0.2) is 19.5 Å². The summed E-state index contributed by atoms with van der Waals surface area (Å²) in [6, 6.07) is 22.4. The summed E-state index contributed by atoms with van der Waals surface area (Å²) in [5.74, 6) is 1.42. The van der Waals surface area contributed by atoms with Crippen molar-refractivity contribution in [2.45, 2.75) is 6.54 Å². The fourth-order valence-corrected chi connectivity index (χ4v) is 3.46. The number of aromatic nitrogens is 4. The summed E-state index contributed by atoms with van der Waals surface area (Å²) in [5.41, 5.74) is 12.2. The Balaban J connectivity index is 1.80. The number of imidazole rings is 1. The van der Waals surface area contributed by atoms with Gasteiger partial charge in [0.1, 0.15) is 17.2 Å². The SMILES string of the molecule is Nc1[nH]c2cccnc2c1-c1nc2ccccc2n1Cc1ccccc1. The Morgan fingerprint density at radius 2 is 1.73 bits per heavy atom. The van der Waals surface area contributed by atoms with E-state index in [9.17, 15) is 0 Å². The van der Waals surface area contributed by atoms with Crippen molar-refractivity contribution in [1.29, 1.82) is 0 Å². The third-order valence-corrected chi connectivity index (χ3v) is 4.64. The van der Waals surface area contributed by atoms with E-state index in [1.54, 1.807) is 6.20 Å². The van der Waals surface area contributed by atoms with Crippen LogP contribution >= 0.6 is 0 Å². The molecule has 5 nitrogen and oxygen atoms in total. The van der Waals surface area contributed by atoms with Crippen LogP contribution in [-0.2, 0) is 6.54 Å². The van der Waals surface area contributed by atoms with Crippen molar-refractivity contribution in [3.8, 4) is 11.4 Å². The van der Waals surface area contributed by atoms with Crippen molar-refractivity contribution >= 4 is 27.9 Å². The number of anilines is 1. The molecule has 3 heterocycles. The summed E-state index contributed by atoms with van der Waals surface area (Å²) in [4.78, 5) is 12.6. The molecule has 0 bridgehead atoms. The summed E-state index contributed by atoms with van der Waals surface area (Å²) in [7, 11) is 0. The quantitative estimate of drug-likeness (QED) is 0.517. The lowest BCUT2D eigenvalue weighted by Crippen LogP contribution is -2.03. The fraction of sp³-hybridized carbons (Fsp3) is 0.0476. The number of rotatable bonds is 3. The average molecular weight is 339 g/mol. The van der Waals surface area contributed by atoms with Gasteiger partial charge in [0, 0.05) is 12.7 Å². The third kappa shape index (κ3) is 2.25. The van der Waals surface area contributed by atoms with Gasteiger partial charge < -0.3 is 15.3 Å². The van der Waals surface area contributed by atoms with Crippen LogP contribution in [0.1, 0.15) is 5.56 Å². The molecule has 2 aromatic carbocycles. The van der Waals surface area contributed by atoms with Crippen LogP contribution in [0.3, 0.4) is 0 Å². The van der Waals surface area contributed by atoms with Crippen molar-refractivity contribution in [2.75, 3.05) is 5.73 Å². The second-order valence-electron chi connectivity index (χ2n) is 6.31. The highest BCUT2D eigenvalue weighted by molar-refractivity contribution is 5.99. The Labute approximate surface area is 150 Å². The Hall–Kier alpha value is -3.60. The molecule has 0 aliphatic carbocycles. The lowest BCUT2D eigenvalue weighted by Gasteiger charge is -2.09. The highest BCUT2D eigenvalue weighted by Crippen LogP contribution is 2.34. The van der Waals surface area contributed by atoms with Gasteiger partial charge in [-0.25, -0.2) is 4.98 Å². The van der Waals surface area contributed by atoms with Gasteiger partial charge in [-0.2, -0.15) is 0 Å². The first-order valence-electron chi connectivity index (χ1n) is 8.53. The van der Waals surface area contributed by atoms with Gasteiger partial charge in [-0.15, -0.1) is 0 Å². The number of benzene rings is 2. The fourth-order valence-electron chi connectivity index (χ4n) is 3.46. The first-order valence-corrected chi connectivity index (χ1v) is 8.53. The van der Waals surface area contributed by atoms with Gasteiger partial charge in [-0.3, -0.25) is 4.98 Å². The van der Waals surface area contributed by atoms with Gasteiger partial charge in [0.05, 0.1) is 22.1 Å². The van der Waals surface area contributed by atoms with Gasteiger partial charge in [-0.1, -0.05) is 42.5 Å². The van der Waals surface area contributed by atoms with E-state index in [-0.39, 0.29) is 0 Å². The molecule has 126 valence electrons.